The van der Waals surface area contributed by atoms with Crippen LogP contribution in [-0.4, -0.2) is 90.2 Å². The lowest BCUT2D eigenvalue weighted by Crippen LogP contribution is -2.67. The first-order valence-corrected chi connectivity index (χ1v) is 14.1. The largest absolute Gasteiger partial charge is 0.469 e. The summed E-state index contributed by atoms with van der Waals surface area (Å²) < 4.78 is 29.8. The molecule has 218 valence electrons. The summed E-state index contributed by atoms with van der Waals surface area (Å²) in [7, 11) is 2.57. The summed E-state index contributed by atoms with van der Waals surface area (Å²) in [6, 6.07) is 3.00. The van der Waals surface area contributed by atoms with Gasteiger partial charge in [0.1, 0.15) is 23.0 Å². The zero-order valence-corrected chi connectivity index (χ0v) is 24.5. The van der Waals surface area contributed by atoms with Gasteiger partial charge in [-0.25, -0.2) is 19.0 Å². The second kappa shape index (κ2) is 11.0. The number of ether oxygens (including phenoxy) is 3. The fraction of sp³-hybridized carbons (Fsp3) is 0.444. The monoisotopic (exact) mass is 605 g/mol. The molecule has 41 heavy (non-hydrogen) atoms. The molecule has 3 aliphatic rings. The van der Waals surface area contributed by atoms with Crippen molar-refractivity contribution in [3.05, 3.63) is 62.5 Å². The zero-order valence-electron chi connectivity index (χ0n) is 22.9. The number of rotatable bonds is 7. The number of cyclic esters (lactones) is 1. The van der Waals surface area contributed by atoms with Crippen LogP contribution in [0, 0.1) is 5.82 Å². The third-order valence-corrected chi connectivity index (χ3v) is 8.90. The number of piperazine rings is 1. The number of hydrogen-bond acceptors (Lipinski definition) is 11. The van der Waals surface area contributed by atoms with Crippen LogP contribution in [0.25, 0.3) is 0 Å². The second-order valence-corrected chi connectivity index (χ2v) is 11.7. The molecular weight excluding hydrogens is 577 g/mol. The van der Waals surface area contributed by atoms with E-state index in [1.54, 1.807) is 30.3 Å². The first-order valence-electron chi connectivity index (χ1n) is 12.8. The van der Waals surface area contributed by atoms with E-state index in [-0.39, 0.29) is 30.1 Å². The summed E-state index contributed by atoms with van der Waals surface area (Å²) in [6.45, 7) is 4.72. The molecule has 0 unspecified atom stereocenters. The molecule has 0 saturated carbocycles. The summed E-state index contributed by atoms with van der Waals surface area (Å²) in [6.07, 6.45) is 1.07. The van der Waals surface area contributed by atoms with Crippen LogP contribution in [0.15, 0.2) is 46.0 Å². The number of amides is 1. The number of nitrogens with one attached hydrogen (secondary N) is 1. The number of halogens is 2. The minimum absolute atomic E-state index is 0.0747. The summed E-state index contributed by atoms with van der Waals surface area (Å²) in [5.41, 5.74) is -0.920. The van der Waals surface area contributed by atoms with Gasteiger partial charge in [-0.2, -0.15) is 0 Å². The topological polar surface area (TPSA) is 123 Å². The lowest BCUT2D eigenvalue weighted by molar-refractivity contribution is -0.147. The van der Waals surface area contributed by atoms with Crippen LogP contribution in [0.5, 0.6) is 0 Å². The molecule has 0 aliphatic carbocycles. The van der Waals surface area contributed by atoms with Gasteiger partial charge in [0.15, 0.2) is 10.8 Å². The summed E-state index contributed by atoms with van der Waals surface area (Å²) >= 11 is 7.81. The van der Waals surface area contributed by atoms with E-state index < -0.39 is 41.0 Å². The number of aromatic nitrogens is 1. The molecule has 1 N–H and O–H groups in total. The van der Waals surface area contributed by atoms with Crippen molar-refractivity contribution in [1.29, 1.82) is 0 Å². The Kier molecular flexibility index (Phi) is 7.79. The van der Waals surface area contributed by atoms with Crippen molar-refractivity contribution in [3.8, 4) is 0 Å². The Morgan fingerprint density at radius 1 is 1.27 bits per heavy atom. The van der Waals surface area contributed by atoms with E-state index in [4.69, 9.17) is 30.8 Å². The molecular formula is C27H29ClFN5O6S. The Morgan fingerprint density at radius 2 is 2.05 bits per heavy atom. The van der Waals surface area contributed by atoms with Crippen LogP contribution >= 0.6 is 22.9 Å². The number of carbonyl (C=O) groups excluding carboxylic acids is 3. The van der Waals surface area contributed by atoms with E-state index in [0.717, 1.165) is 0 Å². The molecule has 3 aliphatic heterocycles. The van der Waals surface area contributed by atoms with Gasteiger partial charge in [-0.3, -0.25) is 19.6 Å². The van der Waals surface area contributed by atoms with Crippen LogP contribution in [-0.2, 0) is 23.8 Å². The third-order valence-electron chi connectivity index (χ3n) is 7.79. The Labute approximate surface area is 244 Å². The fourth-order valence-electron chi connectivity index (χ4n) is 5.64. The van der Waals surface area contributed by atoms with Crippen LogP contribution in [0.2, 0.25) is 5.02 Å². The fourth-order valence-corrected chi connectivity index (χ4v) is 6.50. The van der Waals surface area contributed by atoms with Gasteiger partial charge in [-0.05, 0) is 26.0 Å². The number of carbonyl (C=O) groups is 3. The van der Waals surface area contributed by atoms with E-state index in [9.17, 15) is 18.8 Å². The van der Waals surface area contributed by atoms with Crippen LogP contribution in [0.3, 0.4) is 0 Å². The molecule has 5 rings (SSSR count). The van der Waals surface area contributed by atoms with Gasteiger partial charge < -0.3 is 19.5 Å². The highest BCUT2D eigenvalue weighted by Gasteiger charge is 2.63. The minimum atomic E-state index is -1.01. The van der Waals surface area contributed by atoms with Crippen molar-refractivity contribution in [2.45, 2.75) is 37.5 Å². The predicted molar refractivity (Wildman–Crippen MR) is 148 cm³/mol. The summed E-state index contributed by atoms with van der Waals surface area (Å²) in [5, 5.41) is 5.75. The number of hydrogen-bond donors (Lipinski definition) is 1. The summed E-state index contributed by atoms with van der Waals surface area (Å²) in [5.74, 6) is -1.22. The van der Waals surface area contributed by atoms with E-state index in [1.807, 2.05) is 4.90 Å². The Hall–Kier alpha value is -3.55. The van der Waals surface area contributed by atoms with Gasteiger partial charge in [0.2, 0.25) is 0 Å². The van der Waals surface area contributed by atoms with Gasteiger partial charge in [0.05, 0.1) is 26.2 Å². The molecule has 2 saturated heterocycles. The quantitative estimate of drug-likeness (QED) is 0.374. The molecule has 4 heterocycles. The summed E-state index contributed by atoms with van der Waals surface area (Å²) in [4.78, 5) is 51.4. The first-order chi connectivity index (χ1) is 19.5. The molecule has 1 aromatic carbocycles. The number of fused-ring (bicyclic) bond motifs is 1. The average Bonchev–Trinajstić information content (AvgIpc) is 3.53. The van der Waals surface area contributed by atoms with Gasteiger partial charge in [-0.15, -0.1) is 11.3 Å². The molecule has 0 bridgehead atoms. The van der Waals surface area contributed by atoms with Crippen molar-refractivity contribution in [3.63, 3.8) is 0 Å². The number of thiazole rings is 1. The number of amidine groups is 1. The van der Waals surface area contributed by atoms with E-state index >= 15 is 0 Å². The van der Waals surface area contributed by atoms with Crippen LogP contribution < -0.4 is 5.32 Å². The average molecular weight is 606 g/mol. The molecule has 2 aromatic rings. The molecule has 1 amide bonds. The maximum absolute atomic E-state index is 13.9. The van der Waals surface area contributed by atoms with E-state index in [0.29, 0.717) is 35.2 Å². The number of methoxy groups -OCH3 is 2. The number of benzene rings is 1. The first kappa shape index (κ1) is 29.0. The van der Waals surface area contributed by atoms with Gasteiger partial charge in [-0.1, -0.05) is 17.7 Å². The zero-order chi connectivity index (χ0) is 29.5. The Bertz CT molecular complexity index is 1450. The van der Waals surface area contributed by atoms with Crippen molar-refractivity contribution < 1.29 is 33.0 Å². The smallest absolute Gasteiger partial charge is 0.411 e. The molecule has 0 radical (unpaired) electrons. The third kappa shape index (κ3) is 5.17. The lowest BCUT2D eigenvalue weighted by Gasteiger charge is -2.49. The van der Waals surface area contributed by atoms with Crippen LogP contribution in [0.1, 0.15) is 36.9 Å². The van der Waals surface area contributed by atoms with Gasteiger partial charge >= 0.3 is 18.0 Å². The molecule has 14 heteroatoms. The van der Waals surface area contributed by atoms with Crippen LogP contribution in [0.4, 0.5) is 9.18 Å². The normalized spacial score (nSPS) is 23.9. The highest BCUT2D eigenvalue weighted by Crippen LogP contribution is 2.45. The standard InChI is InChI=1S/C27H29ClFN5O6S/c1-26(2)27(12-19(35)38-3)14-33(8-9-34(27)25(37)40-26)13-18-20(24(36)39-4)21(16-6-5-15(29)11-17(16)28)32-22(31-18)23-30-7-10-41-23/h5-7,10-11,21H,8-9,12-14H2,1-4H3,(H,31,32)/t21-,27-/m0/s1. The number of nitrogens with zero attached hydrogens (tertiary/aromatic N) is 4. The van der Waals surface area contributed by atoms with Gasteiger partial charge in [0, 0.05) is 54.0 Å². The maximum atomic E-state index is 13.9. The van der Waals surface area contributed by atoms with Gasteiger partial charge in [0.25, 0.3) is 0 Å². The predicted octanol–water partition coefficient (Wildman–Crippen LogP) is 3.30. The Morgan fingerprint density at radius 3 is 2.71 bits per heavy atom. The second-order valence-electron chi connectivity index (χ2n) is 10.4. The molecule has 2 atom stereocenters. The van der Waals surface area contributed by atoms with Crippen molar-refractivity contribution in [2.24, 2.45) is 4.99 Å². The molecule has 1 aromatic heterocycles. The highest BCUT2D eigenvalue weighted by molar-refractivity contribution is 7.11. The van der Waals surface area contributed by atoms with E-state index in [2.05, 4.69) is 10.3 Å². The number of aliphatic imine (C=N–C) groups is 1. The minimum Gasteiger partial charge on any atom is -0.469 e. The molecule has 2 fully saturated rings. The molecule has 0 spiro atoms. The lowest BCUT2D eigenvalue weighted by atomic mass is 9.77. The molecule has 11 nitrogen and oxygen atoms in total. The highest BCUT2D eigenvalue weighted by atomic mass is 35.5. The Balaban J connectivity index is 1.57. The maximum Gasteiger partial charge on any atom is 0.411 e. The van der Waals surface area contributed by atoms with E-state index in [1.165, 1.54) is 43.8 Å². The SMILES string of the molecule is COC(=O)C[C@@]12CN(CC3=C(C(=O)OC)[C@H](c4ccc(F)cc4Cl)N=C(c4nccs4)N3)CCN1C(=O)OC2(C)C. The van der Waals surface area contributed by atoms with Crippen molar-refractivity contribution in [1.82, 2.24) is 20.1 Å². The number of esters is 2. The van der Waals surface area contributed by atoms with Crippen molar-refractivity contribution >= 4 is 46.8 Å². The van der Waals surface area contributed by atoms with Crippen molar-refractivity contribution in [2.75, 3.05) is 40.4 Å².